The van der Waals surface area contributed by atoms with Gasteiger partial charge in [0, 0.05) is 38.7 Å². The summed E-state index contributed by atoms with van der Waals surface area (Å²) in [5.41, 5.74) is 1.63. The summed E-state index contributed by atoms with van der Waals surface area (Å²) in [7, 11) is 2.01. The molecule has 0 amide bonds. The van der Waals surface area contributed by atoms with Gasteiger partial charge < -0.3 is 18.9 Å². The van der Waals surface area contributed by atoms with Crippen LogP contribution in [0.1, 0.15) is 24.4 Å². The predicted molar refractivity (Wildman–Crippen MR) is 158 cm³/mol. The first-order chi connectivity index (χ1) is 20.7. The van der Waals surface area contributed by atoms with Crippen molar-refractivity contribution in [1.82, 2.24) is 34.6 Å². The summed E-state index contributed by atoms with van der Waals surface area (Å²) in [6.07, 6.45) is 3.34. The van der Waals surface area contributed by atoms with Crippen LogP contribution in [0, 0.1) is 6.92 Å². The van der Waals surface area contributed by atoms with Crippen molar-refractivity contribution in [1.29, 1.82) is 0 Å². The number of nitrogens with one attached hydrogen (secondary N) is 1. The van der Waals surface area contributed by atoms with Crippen molar-refractivity contribution in [3.63, 3.8) is 0 Å². The minimum Gasteiger partial charge on any atom is -0.494 e. The van der Waals surface area contributed by atoms with Crippen LogP contribution in [-0.2, 0) is 14.8 Å². The van der Waals surface area contributed by atoms with Crippen LogP contribution in [0.2, 0.25) is 0 Å². The van der Waals surface area contributed by atoms with Crippen LogP contribution in [-0.4, -0.2) is 95.9 Å². The summed E-state index contributed by atoms with van der Waals surface area (Å²) in [6.45, 7) is 4.57. The Balaban J connectivity index is 1.60. The molecule has 0 bridgehead atoms. The lowest BCUT2D eigenvalue weighted by molar-refractivity contribution is -0.0530. The van der Waals surface area contributed by atoms with E-state index in [1.807, 2.05) is 11.8 Å². The first kappa shape index (κ1) is 30.1. The monoisotopic (exact) mass is 610 g/mol. The Labute approximate surface area is 250 Å². The van der Waals surface area contributed by atoms with Crippen LogP contribution in [0.4, 0.5) is 5.95 Å². The van der Waals surface area contributed by atoms with Gasteiger partial charge in [0.25, 0.3) is 0 Å². The van der Waals surface area contributed by atoms with Crippen LogP contribution >= 0.6 is 0 Å². The number of para-hydroxylation sites is 1. The molecule has 0 spiro atoms. The molecule has 1 aliphatic rings. The summed E-state index contributed by atoms with van der Waals surface area (Å²) >= 11 is 0. The minimum atomic E-state index is -4.13. The molecule has 1 aliphatic heterocycles. The second-order valence-electron chi connectivity index (χ2n) is 9.99. The smallest absolute Gasteiger partial charge is 0.243 e. The van der Waals surface area contributed by atoms with Crippen LogP contribution in [0.3, 0.4) is 0 Å². The van der Waals surface area contributed by atoms with Gasteiger partial charge in [0.15, 0.2) is 5.82 Å². The van der Waals surface area contributed by atoms with Crippen molar-refractivity contribution >= 4 is 16.0 Å². The summed E-state index contributed by atoms with van der Waals surface area (Å²) in [5.74, 6) is 1.68. The molecule has 1 N–H and O–H groups in total. The lowest BCUT2D eigenvalue weighted by atomic mass is 10.0. The Morgan fingerprint density at radius 2 is 1.58 bits per heavy atom. The number of aromatic nitrogens is 6. The molecule has 0 aliphatic carbocycles. The van der Waals surface area contributed by atoms with Gasteiger partial charge in [-0.1, -0.05) is 12.1 Å². The first-order valence-corrected chi connectivity index (χ1v) is 15.0. The lowest BCUT2D eigenvalue weighted by Crippen LogP contribution is -2.56. The lowest BCUT2D eigenvalue weighted by Gasteiger charge is -2.44. The van der Waals surface area contributed by atoms with Crippen molar-refractivity contribution in [3.8, 4) is 34.6 Å². The maximum Gasteiger partial charge on any atom is 0.243 e. The molecule has 3 aromatic heterocycles. The molecule has 15 heteroatoms. The number of benzene rings is 1. The standard InChI is InChI=1S/C28H34N8O6S/c1-17-13-29-26(30-14-17)24(35-15-19(16-35)39-3)18(2)43(37,38)34-28-33-32-27(20-9-7-12-23(31-20)42-6)36(28)25-21(40-4)10-8-11-22(25)41-5/h7-14,18-19,24H,15-16H2,1-6H3,(H,33,34)/t18-,24?/m0/s1. The van der Waals surface area contributed by atoms with E-state index >= 15 is 0 Å². The normalized spacial score (nSPS) is 15.4. The molecule has 228 valence electrons. The summed E-state index contributed by atoms with van der Waals surface area (Å²) in [5, 5.41) is 7.59. The van der Waals surface area contributed by atoms with Crippen LogP contribution in [0.15, 0.2) is 48.8 Å². The Kier molecular flexibility index (Phi) is 8.75. The number of likely N-dealkylation sites (tertiary alicyclic amines) is 1. The number of aryl methyl sites for hydroxylation is 1. The fraction of sp³-hybridized carbons (Fsp3) is 0.393. The summed E-state index contributed by atoms with van der Waals surface area (Å²) < 4.78 is 54.4. The van der Waals surface area contributed by atoms with Gasteiger partial charge in [0.05, 0.1) is 33.5 Å². The van der Waals surface area contributed by atoms with Crippen LogP contribution in [0.5, 0.6) is 17.4 Å². The SMILES string of the molecule is COc1cccc(-c2nnc(NS(=O)(=O)[C@@H](C)C(c3ncc(C)cn3)N3CC(OC)C3)n2-c2c(OC)cccc2OC)n1. The zero-order chi connectivity index (χ0) is 30.7. The highest BCUT2D eigenvalue weighted by atomic mass is 32.2. The topological polar surface area (TPSA) is 156 Å². The third kappa shape index (κ3) is 5.96. The predicted octanol–water partition coefficient (Wildman–Crippen LogP) is 2.66. The van der Waals surface area contributed by atoms with Gasteiger partial charge >= 0.3 is 0 Å². The summed E-state index contributed by atoms with van der Waals surface area (Å²) in [6, 6.07) is 9.71. The Morgan fingerprint density at radius 3 is 2.19 bits per heavy atom. The molecular formula is C28H34N8O6S. The number of nitrogens with zero attached hydrogens (tertiary/aromatic N) is 7. The van der Waals surface area contributed by atoms with Gasteiger partial charge in [0.2, 0.25) is 21.9 Å². The average Bonchev–Trinajstić information content (AvgIpc) is 3.40. The van der Waals surface area contributed by atoms with Gasteiger partial charge in [-0.05, 0) is 37.6 Å². The largest absolute Gasteiger partial charge is 0.494 e. The first-order valence-electron chi connectivity index (χ1n) is 13.5. The Hall–Kier alpha value is -4.34. The molecule has 1 fully saturated rings. The van der Waals surface area contributed by atoms with Crippen molar-refractivity contribution in [3.05, 3.63) is 60.2 Å². The molecule has 14 nitrogen and oxygen atoms in total. The molecule has 0 radical (unpaired) electrons. The second-order valence-corrected chi connectivity index (χ2v) is 12.0. The molecule has 43 heavy (non-hydrogen) atoms. The third-order valence-corrected chi connectivity index (χ3v) is 8.99. The quantitative estimate of drug-likeness (QED) is 0.251. The van der Waals surface area contributed by atoms with E-state index in [4.69, 9.17) is 18.9 Å². The fourth-order valence-corrected chi connectivity index (χ4v) is 6.10. The van der Waals surface area contributed by atoms with E-state index < -0.39 is 21.3 Å². The van der Waals surface area contributed by atoms with E-state index in [1.165, 1.54) is 25.9 Å². The van der Waals surface area contributed by atoms with Crippen LogP contribution in [0.25, 0.3) is 17.2 Å². The molecule has 4 heterocycles. The Bertz CT molecular complexity index is 1650. The molecule has 2 atom stereocenters. The zero-order valence-electron chi connectivity index (χ0n) is 24.8. The number of hydrogen-bond donors (Lipinski definition) is 1. The maximum atomic E-state index is 14.1. The zero-order valence-corrected chi connectivity index (χ0v) is 25.6. The minimum absolute atomic E-state index is 0.00478. The highest BCUT2D eigenvalue weighted by Crippen LogP contribution is 2.38. The van der Waals surface area contributed by atoms with Crippen LogP contribution < -0.4 is 18.9 Å². The number of ether oxygens (including phenoxy) is 4. The van der Waals surface area contributed by atoms with Gasteiger partial charge in [-0.15, -0.1) is 10.2 Å². The highest BCUT2D eigenvalue weighted by Gasteiger charge is 2.43. The molecule has 0 saturated carbocycles. The Morgan fingerprint density at radius 1 is 0.930 bits per heavy atom. The highest BCUT2D eigenvalue weighted by molar-refractivity contribution is 7.93. The molecule has 5 rings (SSSR count). The molecule has 1 aromatic carbocycles. The van der Waals surface area contributed by atoms with E-state index in [9.17, 15) is 8.42 Å². The van der Waals surface area contributed by atoms with Crippen molar-refractivity contribution in [2.45, 2.75) is 31.2 Å². The third-order valence-electron chi connectivity index (χ3n) is 7.29. The molecule has 1 unspecified atom stereocenters. The number of hydrogen-bond acceptors (Lipinski definition) is 12. The molecular weight excluding hydrogens is 576 g/mol. The van der Waals surface area contributed by atoms with E-state index in [1.54, 1.807) is 62.8 Å². The van der Waals surface area contributed by atoms with Gasteiger partial charge in [0.1, 0.15) is 34.0 Å². The van der Waals surface area contributed by atoms with Gasteiger partial charge in [-0.2, -0.15) is 0 Å². The van der Waals surface area contributed by atoms with Gasteiger partial charge in [-0.3, -0.25) is 14.2 Å². The average molecular weight is 611 g/mol. The van der Waals surface area contributed by atoms with Crippen molar-refractivity contribution < 1.29 is 27.4 Å². The number of methoxy groups -OCH3 is 4. The maximum absolute atomic E-state index is 14.1. The van der Waals surface area contributed by atoms with Crippen molar-refractivity contribution in [2.75, 3.05) is 46.3 Å². The number of pyridine rings is 1. The molecule has 1 saturated heterocycles. The van der Waals surface area contributed by atoms with E-state index in [2.05, 4.69) is 29.9 Å². The number of sulfonamides is 1. The molecule has 4 aromatic rings. The van der Waals surface area contributed by atoms with E-state index in [0.717, 1.165) is 5.56 Å². The van der Waals surface area contributed by atoms with E-state index in [0.29, 0.717) is 47.7 Å². The summed E-state index contributed by atoms with van der Waals surface area (Å²) in [4.78, 5) is 15.4. The second kappa shape index (κ2) is 12.5. The van der Waals surface area contributed by atoms with Gasteiger partial charge in [-0.25, -0.2) is 23.4 Å². The number of rotatable bonds is 12. The number of anilines is 1. The van der Waals surface area contributed by atoms with Crippen molar-refractivity contribution in [2.24, 2.45) is 0 Å². The van der Waals surface area contributed by atoms with E-state index in [-0.39, 0.29) is 17.9 Å². The fourth-order valence-electron chi connectivity index (χ4n) is 4.89.